The predicted molar refractivity (Wildman–Crippen MR) is 56.4 cm³/mol. The molecule has 0 aromatic rings. The van der Waals surface area contributed by atoms with Crippen LogP contribution in [0.3, 0.4) is 0 Å². The van der Waals surface area contributed by atoms with Crippen molar-refractivity contribution in [1.82, 2.24) is 0 Å². The van der Waals surface area contributed by atoms with Gasteiger partial charge in [0.2, 0.25) is 0 Å². The van der Waals surface area contributed by atoms with Crippen LogP contribution in [-0.2, 0) is 19.1 Å². The Hall–Kier alpha value is -2.12. The zero-order chi connectivity index (χ0) is 14.3. The van der Waals surface area contributed by atoms with Crippen LogP contribution in [0.4, 0.5) is 9.59 Å². The Balaban J connectivity index is 4.26. The summed E-state index contributed by atoms with van der Waals surface area (Å²) in [6.45, 7) is 2.38. The van der Waals surface area contributed by atoms with Crippen LogP contribution in [0.15, 0.2) is 0 Å². The second kappa shape index (κ2) is 7.25. The molecule has 0 saturated carbocycles. The molecule has 102 valence electrons. The summed E-state index contributed by atoms with van der Waals surface area (Å²) in [6.07, 6.45) is -5.96. The zero-order valence-corrected chi connectivity index (χ0v) is 9.91. The summed E-state index contributed by atoms with van der Waals surface area (Å²) in [6, 6.07) is 0. The topological polar surface area (TPSA) is 127 Å². The Kier molecular flexibility index (Phi) is 6.40. The maximum Gasteiger partial charge on any atom is 0.506 e. The van der Waals surface area contributed by atoms with E-state index in [1.165, 1.54) is 6.92 Å². The molecule has 0 radical (unpaired) electrons. The first-order valence-corrected chi connectivity index (χ1v) is 5.06. The number of hydrogen-bond acceptors (Lipinski definition) is 6. The molecule has 0 aromatic heterocycles. The second-order valence-electron chi connectivity index (χ2n) is 3.51. The normalized spacial score (nSPS) is 13.2. The van der Waals surface area contributed by atoms with Crippen molar-refractivity contribution >= 4 is 23.9 Å². The Bertz CT molecular complexity index is 348. The van der Waals surface area contributed by atoms with Gasteiger partial charge in [0.15, 0.2) is 23.8 Å². The number of ketones is 2. The molecule has 0 aliphatic heterocycles. The Labute approximate surface area is 102 Å². The van der Waals surface area contributed by atoms with Gasteiger partial charge in [0.1, 0.15) is 0 Å². The van der Waals surface area contributed by atoms with E-state index in [-0.39, 0.29) is 12.8 Å². The second-order valence-corrected chi connectivity index (χ2v) is 3.51. The molecule has 8 nitrogen and oxygen atoms in total. The van der Waals surface area contributed by atoms with Gasteiger partial charge in [0.05, 0.1) is 0 Å². The van der Waals surface area contributed by atoms with E-state index in [2.05, 4.69) is 9.47 Å². The van der Waals surface area contributed by atoms with Crippen LogP contribution in [0.2, 0.25) is 0 Å². The number of hydrogen-bond donors (Lipinski definition) is 2. The Morgan fingerprint density at radius 3 is 1.94 bits per heavy atom. The highest BCUT2D eigenvalue weighted by molar-refractivity contribution is 5.86. The SMILES string of the molecule is CC(=O)C(CCC(=O)C(C)OC(=O)O)OC(=O)O. The summed E-state index contributed by atoms with van der Waals surface area (Å²) in [4.78, 5) is 42.9. The summed E-state index contributed by atoms with van der Waals surface area (Å²) >= 11 is 0. The van der Waals surface area contributed by atoms with E-state index >= 15 is 0 Å². The molecule has 8 heteroatoms. The van der Waals surface area contributed by atoms with Crippen LogP contribution in [0, 0.1) is 0 Å². The molecule has 18 heavy (non-hydrogen) atoms. The monoisotopic (exact) mass is 262 g/mol. The van der Waals surface area contributed by atoms with Crippen molar-refractivity contribution in [3.05, 3.63) is 0 Å². The molecule has 0 bridgehead atoms. The van der Waals surface area contributed by atoms with E-state index in [9.17, 15) is 19.2 Å². The van der Waals surface area contributed by atoms with Crippen molar-refractivity contribution in [1.29, 1.82) is 0 Å². The van der Waals surface area contributed by atoms with Gasteiger partial charge in [-0.3, -0.25) is 9.59 Å². The van der Waals surface area contributed by atoms with Gasteiger partial charge in [-0.15, -0.1) is 0 Å². The van der Waals surface area contributed by atoms with Crippen LogP contribution in [0.5, 0.6) is 0 Å². The predicted octanol–water partition coefficient (Wildman–Crippen LogP) is 1.07. The quantitative estimate of drug-likeness (QED) is 0.652. The van der Waals surface area contributed by atoms with Crippen LogP contribution in [0.25, 0.3) is 0 Å². The lowest BCUT2D eigenvalue weighted by molar-refractivity contribution is -0.130. The van der Waals surface area contributed by atoms with Crippen LogP contribution < -0.4 is 0 Å². The summed E-state index contributed by atoms with van der Waals surface area (Å²) < 4.78 is 8.49. The minimum absolute atomic E-state index is 0.145. The first kappa shape index (κ1) is 15.9. The van der Waals surface area contributed by atoms with E-state index in [4.69, 9.17) is 10.2 Å². The third-order valence-corrected chi connectivity index (χ3v) is 2.08. The average Bonchev–Trinajstić information content (AvgIpc) is 2.21. The summed E-state index contributed by atoms with van der Waals surface area (Å²) in [5, 5.41) is 16.7. The van der Waals surface area contributed by atoms with E-state index in [0.29, 0.717) is 0 Å². The number of rotatable bonds is 7. The summed E-state index contributed by atoms with van der Waals surface area (Å²) in [5.74, 6) is -1.09. The average molecular weight is 262 g/mol. The lowest BCUT2D eigenvalue weighted by Gasteiger charge is -2.13. The van der Waals surface area contributed by atoms with Gasteiger partial charge in [0.25, 0.3) is 0 Å². The van der Waals surface area contributed by atoms with Gasteiger partial charge in [0, 0.05) is 6.42 Å². The van der Waals surface area contributed by atoms with E-state index in [0.717, 1.165) is 6.92 Å². The molecule has 2 atom stereocenters. The van der Waals surface area contributed by atoms with Crippen molar-refractivity contribution in [2.24, 2.45) is 0 Å². The summed E-state index contributed by atoms with van der Waals surface area (Å²) in [5.41, 5.74) is 0. The molecule has 0 amide bonds. The molecule has 0 heterocycles. The largest absolute Gasteiger partial charge is 0.506 e. The number of ether oxygens (including phenoxy) is 2. The van der Waals surface area contributed by atoms with Gasteiger partial charge in [-0.05, 0) is 20.3 Å². The van der Waals surface area contributed by atoms with Crippen LogP contribution in [0.1, 0.15) is 26.7 Å². The fourth-order valence-electron chi connectivity index (χ4n) is 1.16. The van der Waals surface area contributed by atoms with Gasteiger partial charge in [-0.2, -0.15) is 0 Å². The molecule has 2 N–H and O–H groups in total. The Morgan fingerprint density at radius 1 is 1.06 bits per heavy atom. The third kappa shape index (κ3) is 6.46. The fraction of sp³-hybridized carbons (Fsp3) is 0.600. The molecule has 2 unspecified atom stereocenters. The van der Waals surface area contributed by atoms with E-state index in [1.54, 1.807) is 0 Å². The van der Waals surface area contributed by atoms with Crippen molar-refractivity contribution in [2.45, 2.75) is 38.9 Å². The highest BCUT2D eigenvalue weighted by Crippen LogP contribution is 2.08. The molecule has 0 aromatic carbocycles. The van der Waals surface area contributed by atoms with Crippen molar-refractivity contribution in [3.63, 3.8) is 0 Å². The minimum Gasteiger partial charge on any atom is -0.450 e. The fourth-order valence-corrected chi connectivity index (χ4v) is 1.16. The first-order chi connectivity index (χ1) is 8.23. The smallest absolute Gasteiger partial charge is 0.450 e. The highest BCUT2D eigenvalue weighted by atomic mass is 16.7. The minimum atomic E-state index is -1.61. The van der Waals surface area contributed by atoms with Crippen LogP contribution in [-0.4, -0.2) is 46.3 Å². The van der Waals surface area contributed by atoms with Crippen molar-refractivity contribution in [3.8, 4) is 0 Å². The summed E-state index contributed by atoms with van der Waals surface area (Å²) in [7, 11) is 0. The molecule has 0 rings (SSSR count). The number of carboxylic acid groups (broad SMARTS) is 2. The molecule has 0 spiro atoms. The molecule has 0 aliphatic rings. The van der Waals surface area contributed by atoms with Crippen LogP contribution >= 0.6 is 0 Å². The first-order valence-electron chi connectivity index (χ1n) is 5.06. The molecule has 0 aliphatic carbocycles. The molecular formula is C10H14O8. The number of Topliss-reactive ketones (excluding diaryl/α,β-unsaturated/α-hetero) is 2. The van der Waals surface area contributed by atoms with Gasteiger partial charge in [-0.1, -0.05) is 0 Å². The van der Waals surface area contributed by atoms with Crippen molar-refractivity contribution in [2.75, 3.05) is 0 Å². The Morgan fingerprint density at radius 2 is 1.56 bits per heavy atom. The lowest BCUT2D eigenvalue weighted by Crippen LogP contribution is -2.28. The number of carbonyl (C=O) groups is 4. The van der Waals surface area contributed by atoms with Gasteiger partial charge in [-0.25, -0.2) is 9.59 Å². The third-order valence-electron chi connectivity index (χ3n) is 2.08. The molecule has 0 fully saturated rings. The standard InChI is InChI=1S/C10H14O8/c1-5(11)8(18-10(15)16)4-3-7(12)6(2)17-9(13)14/h6,8H,3-4H2,1-2H3,(H,13,14)(H,15,16). The van der Waals surface area contributed by atoms with Gasteiger partial charge >= 0.3 is 12.3 Å². The van der Waals surface area contributed by atoms with Crippen molar-refractivity contribution < 1.29 is 38.9 Å². The molecular weight excluding hydrogens is 248 g/mol. The van der Waals surface area contributed by atoms with E-state index in [1.807, 2.05) is 0 Å². The maximum atomic E-state index is 11.4. The van der Waals surface area contributed by atoms with E-state index < -0.39 is 36.1 Å². The molecule has 0 saturated heterocycles. The highest BCUT2D eigenvalue weighted by Gasteiger charge is 2.23. The zero-order valence-electron chi connectivity index (χ0n) is 9.91. The maximum absolute atomic E-state index is 11.4. The lowest BCUT2D eigenvalue weighted by atomic mass is 10.1. The van der Waals surface area contributed by atoms with Gasteiger partial charge < -0.3 is 19.7 Å². The number of carbonyl (C=O) groups excluding carboxylic acids is 2.